The smallest absolute Gasteiger partial charge is 0.311 e. The third-order valence-corrected chi connectivity index (χ3v) is 3.62. The molecule has 0 unspecified atom stereocenters. The summed E-state index contributed by atoms with van der Waals surface area (Å²) in [7, 11) is 0. The number of nitrogens with zero attached hydrogens (tertiary/aromatic N) is 2. The van der Waals surface area contributed by atoms with Crippen molar-refractivity contribution in [1.29, 1.82) is 0 Å². The van der Waals surface area contributed by atoms with E-state index in [2.05, 4.69) is 10.3 Å². The fraction of sp³-hybridized carbons (Fsp3) is 0.538. The summed E-state index contributed by atoms with van der Waals surface area (Å²) in [6, 6.07) is 1.53. The summed E-state index contributed by atoms with van der Waals surface area (Å²) in [6.07, 6.45) is 4.13. The quantitative estimate of drug-likeness (QED) is 0.647. The Balaban J connectivity index is 2.04. The van der Waals surface area contributed by atoms with Crippen LogP contribution in [0.4, 0.5) is 11.5 Å². The van der Waals surface area contributed by atoms with E-state index in [4.69, 9.17) is 5.11 Å². The molecule has 108 valence electrons. The first kappa shape index (κ1) is 14.2. The van der Waals surface area contributed by atoms with Gasteiger partial charge in [-0.25, -0.2) is 4.98 Å². The maximum absolute atomic E-state index is 11.0. The van der Waals surface area contributed by atoms with Crippen molar-refractivity contribution < 1.29 is 14.8 Å². The van der Waals surface area contributed by atoms with E-state index in [0.717, 1.165) is 5.56 Å². The first-order valence-corrected chi connectivity index (χ1v) is 6.57. The molecular formula is C13H17N3O4. The van der Waals surface area contributed by atoms with E-state index in [-0.39, 0.29) is 23.5 Å². The van der Waals surface area contributed by atoms with E-state index in [0.29, 0.717) is 25.7 Å². The van der Waals surface area contributed by atoms with E-state index in [1.165, 1.54) is 6.07 Å². The maximum atomic E-state index is 11.0. The topological polar surface area (TPSA) is 105 Å². The Morgan fingerprint density at radius 1 is 1.45 bits per heavy atom. The summed E-state index contributed by atoms with van der Waals surface area (Å²) in [4.78, 5) is 25.5. The van der Waals surface area contributed by atoms with Crippen molar-refractivity contribution in [2.24, 2.45) is 5.92 Å². The Labute approximate surface area is 116 Å². The van der Waals surface area contributed by atoms with Gasteiger partial charge in [-0.1, -0.05) is 0 Å². The van der Waals surface area contributed by atoms with Gasteiger partial charge in [-0.05, 0) is 38.2 Å². The van der Waals surface area contributed by atoms with Crippen molar-refractivity contribution in [2.75, 3.05) is 5.32 Å². The maximum Gasteiger partial charge on any atom is 0.311 e. The highest BCUT2D eigenvalue weighted by atomic mass is 16.6. The number of rotatable bonds is 4. The predicted octanol–water partition coefficient (Wildman–Crippen LogP) is 2.35. The van der Waals surface area contributed by atoms with E-state index in [1.54, 1.807) is 13.1 Å². The van der Waals surface area contributed by atoms with Gasteiger partial charge < -0.3 is 10.4 Å². The molecule has 0 radical (unpaired) electrons. The lowest BCUT2D eigenvalue weighted by molar-refractivity contribution is -0.384. The molecule has 2 N–H and O–H groups in total. The number of nitro groups is 1. The van der Waals surface area contributed by atoms with Gasteiger partial charge in [0.25, 0.3) is 0 Å². The number of aliphatic carboxylic acids is 1. The van der Waals surface area contributed by atoms with Crippen molar-refractivity contribution in [1.82, 2.24) is 4.98 Å². The van der Waals surface area contributed by atoms with Crippen LogP contribution < -0.4 is 5.32 Å². The van der Waals surface area contributed by atoms with Gasteiger partial charge >= 0.3 is 11.7 Å². The molecule has 2 rings (SSSR count). The van der Waals surface area contributed by atoms with Crippen LogP contribution >= 0.6 is 0 Å². The zero-order chi connectivity index (χ0) is 14.7. The molecule has 20 heavy (non-hydrogen) atoms. The number of hydrogen-bond donors (Lipinski definition) is 2. The lowest BCUT2D eigenvalue weighted by Gasteiger charge is -2.27. The second kappa shape index (κ2) is 5.85. The Morgan fingerprint density at radius 2 is 2.10 bits per heavy atom. The van der Waals surface area contributed by atoms with Crippen LogP contribution in [0.25, 0.3) is 0 Å². The molecule has 1 saturated carbocycles. The van der Waals surface area contributed by atoms with Crippen LogP contribution in [-0.2, 0) is 4.79 Å². The number of nitrogens with one attached hydrogen (secondary N) is 1. The summed E-state index contributed by atoms with van der Waals surface area (Å²) in [5.74, 6) is -0.795. The number of aromatic nitrogens is 1. The third-order valence-electron chi connectivity index (χ3n) is 3.62. The molecule has 0 amide bonds. The number of hydrogen-bond acceptors (Lipinski definition) is 5. The van der Waals surface area contributed by atoms with Gasteiger partial charge in [0.15, 0.2) is 0 Å². The highest BCUT2D eigenvalue weighted by molar-refractivity contribution is 5.70. The largest absolute Gasteiger partial charge is 0.481 e. The predicted molar refractivity (Wildman–Crippen MR) is 72.6 cm³/mol. The van der Waals surface area contributed by atoms with E-state index < -0.39 is 10.9 Å². The first-order chi connectivity index (χ1) is 9.47. The molecule has 0 atom stereocenters. The van der Waals surface area contributed by atoms with Gasteiger partial charge in [-0.2, -0.15) is 0 Å². The molecule has 1 aliphatic carbocycles. The molecule has 0 aliphatic heterocycles. The standard InChI is InChI=1S/C13H17N3O4/c1-8-6-11(16(19)20)12(14-7-8)15-10-4-2-9(3-5-10)13(17)18/h6-7,9-10H,2-5H2,1H3,(H,14,15)(H,17,18). The molecule has 1 aliphatic rings. The van der Waals surface area contributed by atoms with Crippen LogP contribution in [0.5, 0.6) is 0 Å². The Hall–Kier alpha value is -2.18. The minimum absolute atomic E-state index is 0.0367. The summed E-state index contributed by atoms with van der Waals surface area (Å²) >= 11 is 0. The molecule has 0 aromatic carbocycles. The third kappa shape index (κ3) is 3.23. The molecule has 1 aromatic rings. The average molecular weight is 279 g/mol. The van der Waals surface area contributed by atoms with E-state index >= 15 is 0 Å². The van der Waals surface area contributed by atoms with Crippen molar-refractivity contribution in [3.05, 3.63) is 27.9 Å². The number of carboxylic acids is 1. The van der Waals surface area contributed by atoms with Gasteiger partial charge in [-0.15, -0.1) is 0 Å². The molecule has 7 heteroatoms. The minimum atomic E-state index is -0.761. The van der Waals surface area contributed by atoms with Crippen LogP contribution in [0.15, 0.2) is 12.3 Å². The molecule has 1 fully saturated rings. The summed E-state index contributed by atoms with van der Waals surface area (Å²) in [5.41, 5.74) is 0.696. The molecule has 1 aromatic heterocycles. The van der Waals surface area contributed by atoms with Crippen LogP contribution in [0.3, 0.4) is 0 Å². The summed E-state index contributed by atoms with van der Waals surface area (Å²) < 4.78 is 0. The average Bonchev–Trinajstić information content (AvgIpc) is 2.41. The van der Waals surface area contributed by atoms with E-state index in [1.807, 2.05) is 0 Å². The van der Waals surface area contributed by atoms with Crippen molar-refractivity contribution in [2.45, 2.75) is 38.6 Å². The van der Waals surface area contributed by atoms with Gasteiger partial charge in [0.05, 0.1) is 10.8 Å². The van der Waals surface area contributed by atoms with Gasteiger partial charge in [0, 0.05) is 18.3 Å². The zero-order valence-electron chi connectivity index (χ0n) is 11.2. The molecule has 7 nitrogen and oxygen atoms in total. The monoisotopic (exact) mass is 279 g/mol. The highest BCUT2D eigenvalue weighted by Gasteiger charge is 2.27. The Bertz CT molecular complexity index is 524. The van der Waals surface area contributed by atoms with Crippen LogP contribution in [0.1, 0.15) is 31.2 Å². The molecular weight excluding hydrogens is 262 g/mol. The molecule has 0 bridgehead atoms. The number of pyridine rings is 1. The number of carboxylic acid groups (broad SMARTS) is 1. The number of carbonyl (C=O) groups is 1. The molecule has 0 saturated heterocycles. The van der Waals surface area contributed by atoms with Crippen LogP contribution in [-0.4, -0.2) is 27.0 Å². The second-order valence-electron chi connectivity index (χ2n) is 5.17. The normalized spacial score (nSPS) is 22.2. The van der Waals surface area contributed by atoms with Gasteiger partial charge in [0.1, 0.15) is 0 Å². The first-order valence-electron chi connectivity index (χ1n) is 6.57. The van der Waals surface area contributed by atoms with Crippen molar-refractivity contribution in [3.63, 3.8) is 0 Å². The van der Waals surface area contributed by atoms with Crippen molar-refractivity contribution in [3.8, 4) is 0 Å². The van der Waals surface area contributed by atoms with Crippen LogP contribution in [0, 0.1) is 23.0 Å². The molecule has 0 spiro atoms. The minimum Gasteiger partial charge on any atom is -0.481 e. The van der Waals surface area contributed by atoms with Crippen LogP contribution in [0.2, 0.25) is 0 Å². The highest BCUT2D eigenvalue weighted by Crippen LogP contribution is 2.29. The zero-order valence-corrected chi connectivity index (χ0v) is 11.2. The van der Waals surface area contributed by atoms with Gasteiger partial charge in [-0.3, -0.25) is 14.9 Å². The fourth-order valence-electron chi connectivity index (χ4n) is 2.48. The second-order valence-corrected chi connectivity index (χ2v) is 5.17. The Morgan fingerprint density at radius 3 is 2.65 bits per heavy atom. The van der Waals surface area contributed by atoms with Crippen molar-refractivity contribution >= 4 is 17.5 Å². The summed E-state index contributed by atoms with van der Waals surface area (Å²) in [6.45, 7) is 1.75. The summed E-state index contributed by atoms with van der Waals surface area (Å²) in [5, 5.41) is 23.0. The van der Waals surface area contributed by atoms with Gasteiger partial charge in [0.2, 0.25) is 5.82 Å². The molecule has 1 heterocycles. The fourth-order valence-corrected chi connectivity index (χ4v) is 2.48. The number of aryl methyl sites for hydroxylation is 1. The Kier molecular flexibility index (Phi) is 4.16. The van der Waals surface area contributed by atoms with E-state index in [9.17, 15) is 14.9 Å². The lowest BCUT2D eigenvalue weighted by Crippen LogP contribution is -2.29. The number of anilines is 1. The lowest BCUT2D eigenvalue weighted by atomic mass is 9.86. The SMILES string of the molecule is Cc1cnc(NC2CCC(C(=O)O)CC2)c([N+](=O)[O-])c1.